The maximum atomic E-state index is 12.6. The van der Waals surface area contributed by atoms with Gasteiger partial charge >= 0.3 is 0 Å². The largest absolute Gasteiger partial charge is 0.268 e. The van der Waals surface area contributed by atoms with Gasteiger partial charge in [-0.05, 0) is 29.7 Å². The van der Waals surface area contributed by atoms with Gasteiger partial charge < -0.3 is 0 Å². The zero-order valence-corrected chi connectivity index (χ0v) is 13.0. The first-order chi connectivity index (χ1) is 10.7. The molecule has 0 aromatic heterocycles. The molecule has 4 heteroatoms. The smallest absolute Gasteiger partial charge is 0.266 e. The minimum Gasteiger partial charge on any atom is -0.268 e. The van der Waals surface area contributed by atoms with Crippen LogP contribution in [-0.2, 0) is 0 Å². The highest BCUT2D eigenvalue weighted by Gasteiger charge is 2.36. The van der Waals surface area contributed by atoms with E-state index in [-0.39, 0.29) is 11.8 Å². The molecule has 3 nitrogen and oxygen atoms in total. The maximum absolute atomic E-state index is 12.6. The summed E-state index contributed by atoms with van der Waals surface area (Å²) < 4.78 is 0.934. The van der Waals surface area contributed by atoms with Crippen molar-refractivity contribution < 1.29 is 9.59 Å². The normalized spacial score (nSPS) is 13.8. The number of carbonyl (C=O) groups is 2. The first-order valence-corrected chi connectivity index (χ1v) is 7.63. The molecule has 0 bridgehead atoms. The number of hydrogen-bond donors (Lipinski definition) is 0. The predicted octanol–water partition coefficient (Wildman–Crippen LogP) is 4.40. The number of halogens is 1. The fraction of sp³-hybridized carbons (Fsp3) is 0. The molecule has 0 fully saturated rings. The molecule has 106 valence electrons. The fourth-order valence-corrected chi connectivity index (χ4v) is 3.36. The Hall–Kier alpha value is -2.46. The van der Waals surface area contributed by atoms with Gasteiger partial charge in [0.25, 0.3) is 11.8 Å². The first kappa shape index (κ1) is 13.2. The molecule has 0 saturated carbocycles. The van der Waals surface area contributed by atoms with Crippen LogP contribution in [0, 0.1) is 0 Å². The molecule has 4 rings (SSSR count). The zero-order valence-electron chi connectivity index (χ0n) is 11.4. The van der Waals surface area contributed by atoms with Gasteiger partial charge in [-0.2, -0.15) is 0 Å². The zero-order chi connectivity index (χ0) is 15.3. The van der Waals surface area contributed by atoms with E-state index >= 15 is 0 Å². The molecule has 3 aromatic rings. The average molecular weight is 352 g/mol. The van der Waals surface area contributed by atoms with Crippen molar-refractivity contribution in [1.82, 2.24) is 0 Å². The second kappa shape index (κ2) is 4.78. The molecule has 0 aliphatic carbocycles. The van der Waals surface area contributed by atoms with Crippen LogP contribution in [-0.4, -0.2) is 11.8 Å². The fourth-order valence-electron chi connectivity index (χ4n) is 2.86. The van der Waals surface area contributed by atoms with Crippen LogP contribution < -0.4 is 4.90 Å². The van der Waals surface area contributed by atoms with Gasteiger partial charge in [-0.25, -0.2) is 4.90 Å². The molecule has 22 heavy (non-hydrogen) atoms. The molecule has 1 heterocycles. The van der Waals surface area contributed by atoms with Crippen LogP contribution in [0.3, 0.4) is 0 Å². The molecule has 0 spiro atoms. The van der Waals surface area contributed by atoms with Crippen molar-refractivity contribution in [2.24, 2.45) is 0 Å². The van der Waals surface area contributed by atoms with Crippen LogP contribution in [0.4, 0.5) is 5.69 Å². The van der Waals surface area contributed by atoms with E-state index in [9.17, 15) is 9.59 Å². The molecule has 0 radical (unpaired) electrons. The molecule has 0 saturated heterocycles. The summed E-state index contributed by atoms with van der Waals surface area (Å²) in [6, 6.07) is 18.3. The summed E-state index contributed by atoms with van der Waals surface area (Å²) in [5, 5.41) is 1.84. The minimum atomic E-state index is -0.270. The molecular formula is C18H10BrNO2. The van der Waals surface area contributed by atoms with Crippen LogP contribution in [0.5, 0.6) is 0 Å². The third-order valence-corrected chi connectivity index (χ3v) is 4.57. The van der Waals surface area contributed by atoms with Gasteiger partial charge in [-0.1, -0.05) is 52.3 Å². The molecule has 1 aliphatic rings. The predicted molar refractivity (Wildman–Crippen MR) is 89.2 cm³/mol. The minimum absolute atomic E-state index is 0.270. The van der Waals surface area contributed by atoms with Gasteiger partial charge in [0.2, 0.25) is 0 Å². The van der Waals surface area contributed by atoms with Crippen molar-refractivity contribution in [2.75, 3.05) is 4.90 Å². The molecule has 0 unspecified atom stereocenters. The Labute approximate surface area is 135 Å². The van der Waals surface area contributed by atoms with Crippen LogP contribution in [0.25, 0.3) is 10.8 Å². The van der Waals surface area contributed by atoms with Crippen molar-refractivity contribution in [2.45, 2.75) is 0 Å². The van der Waals surface area contributed by atoms with Crippen LogP contribution >= 0.6 is 15.9 Å². The number of amides is 2. The Morgan fingerprint density at radius 3 is 1.95 bits per heavy atom. The molecule has 2 amide bonds. The van der Waals surface area contributed by atoms with E-state index in [2.05, 4.69) is 15.9 Å². The Bertz CT molecular complexity index is 914. The molecule has 3 aromatic carbocycles. The number of fused-ring (bicyclic) bond motifs is 2. The number of rotatable bonds is 1. The van der Waals surface area contributed by atoms with Crippen molar-refractivity contribution in [3.8, 4) is 0 Å². The van der Waals surface area contributed by atoms with E-state index in [1.807, 2.05) is 30.3 Å². The van der Waals surface area contributed by atoms with Crippen LogP contribution in [0.15, 0.2) is 65.1 Å². The lowest BCUT2D eigenvalue weighted by molar-refractivity contribution is 0.0926. The molecular weight excluding hydrogens is 342 g/mol. The molecule has 1 aliphatic heterocycles. The van der Waals surface area contributed by atoms with Crippen molar-refractivity contribution in [1.29, 1.82) is 0 Å². The van der Waals surface area contributed by atoms with E-state index in [4.69, 9.17) is 0 Å². The highest BCUT2D eigenvalue weighted by atomic mass is 79.9. The van der Waals surface area contributed by atoms with Crippen molar-refractivity contribution in [3.63, 3.8) is 0 Å². The summed E-state index contributed by atoms with van der Waals surface area (Å²) in [5.74, 6) is -0.541. The number of nitrogens with zero attached hydrogens (tertiary/aromatic N) is 1. The molecule has 0 atom stereocenters. The lowest BCUT2D eigenvalue weighted by Crippen LogP contribution is -2.29. The van der Waals surface area contributed by atoms with Crippen LogP contribution in [0.1, 0.15) is 20.7 Å². The number of benzene rings is 3. The summed E-state index contributed by atoms with van der Waals surface area (Å²) in [6.45, 7) is 0. The summed E-state index contributed by atoms with van der Waals surface area (Å²) in [6.07, 6.45) is 0. The summed E-state index contributed by atoms with van der Waals surface area (Å²) in [4.78, 5) is 26.5. The second-order valence-electron chi connectivity index (χ2n) is 5.10. The van der Waals surface area contributed by atoms with Crippen molar-refractivity contribution >= 4 is 44.2 Å². The van der Waals surface area contributed by atoms with Gasteiger partial charge in [0, 0.05) is 9.86 Å². The standard InChI is InChI=1S/C18H10BrNO2/c19-15-9-3-8-12-11(15)7-4-10-16(12)20-17(21)13-5-1-2-6-14(13)18(20)22/h1-10H. The van der Waals surface area contributed by atoms with E-state index in [0.29, 0.717) is 16.8 Å². The Morgan fingerprint density at radius 1 is 0.682 bits per heavy atom. The SMILES string of the molecule is O=C1c2ccccc2C(=O)N1c1cccc2c(Br)cccc12. The average Bonchev–Trinajstić information content (AvgIpc) is 2.80. The van der Waals surface area contributed by atoms with Crippen LogP contribution in [0.2, 0.25) is 0 Å². The summed E-state index contributed by atoms with van der Waals surface area (Å²) in [7, 11) is 0. The summed E-state index contributed by atoms with van der Waals surface area (Å²) >= 11 is 3.51. The van der Waals surface area contributed by atoms with Gasteiger partial charge in [-0.3, -0.25) is 9.59 Å². The van der Waals surface area contributed by atoms with Gasteiger partial charge in [-0.15, -0.1) is 0 Å². The highest BCUT2D eigenvalue weighted by Crippen LogP contribution is 2.35. The third-order valence-electron chi connectivity index (χ3n) is 3.88. The Kier molecular flexibility index (Phi) is 2.87. The topological polar surface area (TPSA) is 37.4 Å². The Balaban J connectivity index is 1.97. The lowest BCUT2D eigenvalue weighted by Gasteiger charge is -2.16. The first-order valence-electron chi connectivity index (χ1n) is 6.83. The van der Waals surface area contributed by atoms with Crippen molar-refractivity contribution in [3.05, 3.63) is 76.3 Å². The quantitative estimate of drug-likeness (QED) is 0.609. The maximum Gasteiger partial charge on any atom is 0.266 e. The van der Waals surface area contributed by atoms with E-state index < -0.39 is 0 Å². The summed E-state index contributed by atoms with van der Waals surface area (Å²) in [5.41, 5.74) is 1.53. The highest BCUT2D eigenvalue weighted by molar-refractivity contribution is 9.10. The number of anilines is 1. The van der Waals surface area contributed by atoms with Gasteiger partial charge in [0.05, 0.1) is 16.8 Å². The van der Waals surface area contributed by atoms with Gasteiger partial charge in [0.1, 0.15) is 0 Å². The number of carbonyl (C=O) groups excluding carboxylic acids is 2. The van der Waals surface area contributed by atoms with Gasteiger partial charge in [0.15, 0.2) is 0 Å². The van der Waals surface area contributed by atoms with E-state index in [1.54, 1.807) is 30.3 Å². The third kappa shape index (κ3) is 1.74. The van der Waals surface area contributed by atoms with E-state index in [0.717, 1.165) is 15.2 Å². The monoisotopic (exact) mass is 351 g/mol. The van der Waals surface area contributed by atoms with E-state index in [1.165, 1.54) is 4.90 Å². The molecule has 0 N–H and O–H groups in total. The Morgan fingerprint density at radius 2 is 1.27 bits per heavy atom. The number of hydrogen-bond acceptors (Lipinski definition) is 2. The number of imide groups is 1. The second-order valence-corrected chi connectivity index (χ2v) is 5.96. The lowest BCUT2D eigenvalue weighted by atomic mass is 10.1.